The van der Waals surface area contributed by atoms with Crippen molar-refractivity contribution in [2.45, 2.75) is 32.2 Å². The second-order valence-electron chi connectivity index (χ2n) is 4.31. The van der Waals surface area contributed by atoms with Crippen molar-refractivity contribution in [3.8, 4) is 0 Å². The Morgan fingerprint density at radius 1 is 1.39 bits per heavy atom. The van der Waals surface area contributed by atoms with Crippen molar-refractivity contribution < 1.29 is 9.53 Å². The monoisotopic (exact) mass is 256 g/mol. The average molecular weight is 256 g/mol. The lowest BCUT2D eigenvalue weighted by molar-refractivity contribution is -0.119. The molecule has 1 fully saturated rings. The first-order valence-electron chi connectivity index (χ1n) is 6.56. The van der Waals surface area contributed by atoms with Gasteiger partial charge in [-0.3, -0.25) is 4.79 Å². The molecular weight excluding hydrogens is 232 g/mol. The summed E-state index contributed by atoms with van der Waals surface area (Å²) in [6.07, 6.45) is 3.12. The second kappa shape index (κ2) is 8.74. The number of rotatable bonds is 8. The van der Waals surface area contributed by atoms with Crippen molar-refractivity contribution in [3.05, 3.63) is 0 Å². The molecule has 0 aromatic rings. The smallest absolute Gasteiger partial charge is 0.242 e. The number of ether oxygens (including phenoxy) is 1. The first kappa shape index (κ1) is 14.8. The van der Waals surface area contributed by atoms with Crippen molar-refractivity contribution in [1.29, 1.82) is 0 Å². The molecule has 0 bridgehead atoms. The molecule has 18 heavy (non-hydrogen) atoms. The summed E-state index contributed by atoms with van der Waals surface area (Å²) in [7, 11) is 1.68. The standard InChI is InChI=1S/C12H24N4O2/c1-3-13-12(14-7-4-8-18-2)15-9-11(17)16-10-5-6-10/h10H,3-9H2,1-2H3,(H,16,17)(H2,13,14,15). The fourth-order valence-corrected chi connectivity index (χ4v) is 1.42. The number of carbonyl (C=O) groups excluding carboxylic acids is 1. The number of hydrogen-bond acceptors (Lipinski definition) is 3. The number of aliphatic imine (C=N–C) groups is 1. The largest absolute Gasteiger partial charge is 0.385 e. The fourth-order valence-electron chi connectivity index (χ4n) is 1.42. The molecule has 0 heterocycles. The van der Waals surface area contributed by atoms with Gasteiger partial charge in [-0.1, -0.05) is 0 Å². The highest BCUT2D eigenvalue weighted by atomic mass is 16.5. The lowest BCUT2D eigenvalue weighted by Crippen LogP contribution is -2.39. The molecule has 6 nitrogen and oxygen atoms in total. The van der Waals surface area contributed by atoms with Gasteiger partial charge in [0.1, 0.15) is 6.54 Å². The highest BCUT2D eigenvalue weighted by molar-refractivity contribution is 5.85. The lowest BCUT2D eigenvalue weighted by atomic mass is 10.4. The van der Waals surface area contributed by atoms with Crippen molar-refractivity contribution in [1.82, 2.24) is 16.0 Å². The SMILES string of the molecule is CCNC(=NCC(=O)NC1CC1)NCCCOC. The van der Waals surface area contributed by atoms with E-state index in [-0.39, 0.29) is 12.5 Å². The van der Waals surface area contributed by atoms with Crippen molar-refractivity contribution in [2.24, 2.45) is 4.99 Å². The van der Waals surface area contributed by atoms with Crippen LogP contribution < -0.4 is 16.0 Å². The summed E-state index contributed by atoms with van der Waals surface area (Å²) in [6, 6.07) is 0.393. The maximum Gasteiger partial charge on any atom is 0.242 e. The summed E-state index contributed by atoms with van der Waals surface area (Å²) in [5.41, 5.74) is 0. The Hall–Kier alpha value is -1.30. The zero-order valence-corrected chi connectivity index (χ0v) is 11.3. The Morgan fingerprint density at radius 3 is 2.78 bits per heavy atom. The van der Waals surface area contributed by atoms with Gasteiger partial charge in [-0.05, 0) is 26.2 Å². The van der Waals surface area contributed by atoms with Crippen molar-refractivity contribution in [2.75, 3.05) is 33.4 Å². The van der Waals surface area contributed by atoms with Crippen LogP contribution in [0.25, 0.3) is 0 Å². The zero-order chi connectivity index (χ0) is 13.2. The minimum atomic E-state index is -0.00778. The van der Waals surface area contributed by atoms with Crippen LogP contribution in [0, 0.1) is 0 Å². The minimum Gasteiger partial charge on any atom is -0.385 e. The van der Waals surface area contributed by atoms with E-state index < -0.39 is 0 Å². The molecule has 0 atom stereocenters. The molecular formula is C12H24N4O2. The van der Waals surface area contributed by atoms with Crippen LogP contribution in [-0.2, 0) is 9.53 Å². The number of methoxy groups -OCH3 is 1. The lowest BCUT2D eigenvalue weighted by Gasteiger charge is -2.10. The van der Waals surface area contributed by atoms with Crippen molar-refractivity contribution >= 4 is 11.9 Å². The molecule has 0 spiro atoms. The van der Waals surface area contributed by atoms with E-state index >= 15 is 0 Å². The summed E-state index contributed by atoms with van der Waals surface area (Å²) in [6.45, 7) is 4.45. The Balaban J connectivity index is 2.22. The number of nitrogens with zero attached hydrogens (tertiary/aromatic N) is 1. The van der Waals surface area contributed by atoms with Gasteiger partial charge in [0.05, 0.1) is 0 Å². The van der Waals surface area contributed by atoms with E-state index in [9.17, 15) is 4.79 Å². The number of carbonyl (C=O) groups is 1. The van der Waals surface area contributed by atoms with E-state index in [1.165, 1.54) is 0 Å². The van der Waals surface area contributed by atoms with Crippen molar-refractivity contribution in [3.63, 3.8) is 0 Å². The number of hydrogen-bond donors (Lipinski definition) is 3. The Labute approximate surface area is 109 Å². The molecule has 0 saturated heterocycles. The Kier molecular flexibility index (Phi) is 7.17. The van der Waals surface area contributed by atoms with Crippen LogP contribution >= 0.6 is 0 Å². The Morgan fingerprint density at radius 2 is 2.17 bits per heavy atom. The fraction of sp³-hybridized carbons (Fsp3) is 0.833. The molecule has 0 aromatic carbocycles. The van der Waals surface area contributed by atoms with Crippen LogP contribution in [0.4, 0.5) is 0 Å². The van der Waals surface area contributed by atoms with Gasteiger partial charge >= 0.3 is 0 Å². The quantitative estimate of drug-likeness (QED) is 0.321. The van der Waals surface area contributed by atoms with Gasteiger partial charge in [0, 0.05) is 32.8 Å². The predicted octanol–water partition coefficient (Wildman–Crippen LogP) is -0.143. The molecule has 1 amide bonds. The number of guanidine groups is 1. The molecule has 0 radical (unpaired) electrons. The third-order valence-corrected chi connectivity index (χ3v) is 2.49. The first-order valence-corrected chi connectivity index (χ1v) is 6.56. The molecule has 3 N–H and O–H groups in total. The third kappa shape index (κ3) is 7.11. The molecule has 104 valence electrons. The maximum absolute atomic E-state index is 11.5. The number of amides is 1. The molecule has 1 aliphatic carbocycles. The van der Waals surface area contributed by atoms with Gasteiger partial charge in [-0.25, -0.2) is 4.99 Å². The van der Waals surface area contributed by atoms with Gasteiger partial charge in [-0.2, -0.15) is 0 Å². The van der Waals surface area contributed by atoms with Gasteiger partial charge in [-0.15, -0.1) is 0 Å². The molecule has 1 rings (SSSR count). The zero-order valence-electron chi connectivity index (χ0n) is 11.3. The van der Waals surface area contributed by atoms with Gasteiger partial charge in [0.2, 0.25) is 5.91 Å². The highest BCUT2D eigenvalue weighted by Gasteiger charge is 2.22. The third-order valence-electron chi connectivity index (χ3n) is 2.49. The van der Waals surface area contributed by atoms with Gasteiger partial charge in [0.15, 0.2) is 5.96 Å². The molecule has 0 aromatic heterocycles. The second-order valence-corrected chi connectivity index (χ2v) is 4.31. The van der Waals surface area contributed by atoms with Crippen LogP contribution in [0.3, 0.4) is 0 Å². The summed E-state index contributed by atoms with van der Waals surface area (Å²) in [4.78, 5) is 15.7. The van der Waals surface area contributed by atoms with E-state index in [4.69, 9.17) is 4.74 Å². The number of nitrogens with one attached hydrogen (secondary N) is 3. The summed E-state index contributed by atoms with van der Waals surface area (Å²) in [5.74, 6) is 0.672. The van der Waals surface area contributed by atoms with Crippen LogP contribution in [-0.4, -0.2) is 51.3 Å². The first-order chi connectivity index (χ1) is 8.76. The molecule has 0 aliphatic heterocycles. The van der Waals surface area contributed by atoms with E-state index in [1.54, 1.807) is 7.11 Å². The summed E-state index contributed by atoms with van der Waals surface area (Å²) in [5, 5.41) is 9.17. The average Bonchev–Trinajstić information content (AvgIpc) is 3.15. The topological polar surface area (TPSA) is 74.8 Å². The maximum atomic E-state index is 11.5. The summed E-state index contributed by atoms with van der Waals surface area (Å²) < 4.78 is 4.97. The molecule has 0 unspecified atom stereocenters. The van der Waals surface area contributed by atoms with E-state index in [0.29, 0.717) is 18.6 Å². The van der Waals surface area contributed by atoms with E-state index in [0.717, 1.165) is 32.4 Å². The summed E-state index contributed by atoms with van der Waals surface area (Å²) >= 11 is 0. The minimum absolute atomic E-state index is 0.00778. The predicted molar refractivity (Wildman–Crippen MR) is 71.6 cm³/mol. The molecule has 1 saturated carbocycles. The Bertz CT molecular complexity index is 277. The molecule has 6 heteroatoms. The van der Waals surface area contributed by atoms with E-state index in [1.807, 2.05) is 6.92 Å². The van der Waals surface area contributed by atoms with Gasteiger partial charge < -0.3 is 20.7 Å². The molecule has 1 aliphatic rings. The highest BCUT2D eigenvalue weighted by Crippen LogP contribution is 2.18. The van der Waals surface area contributed by atoms with Crippen LogP contribution in [0.2, 0.25) is 0 Å². The van der Waals surface area contributed by atoms with Crippen LogP contribution in [0.5, 0.6) is 0 Å². The van der Waals surface area contributed by atoms with Crippen LogP contribution in [0.1, 0.15) is 26.2 Å². The van der Waals surface area contributed by atoms with Gasteiger partial charge in [0.25, 0.3) is 0 Å². The van der Waals surface area contributed by atoms with E-state index in [2.05, 4.69) is 20.9 Å². The normalized spacial score (nSPS) is 15.3. The van der Waals surface area contributed by atoms with Crippen LogP contribution in [0.15, 0.2) is 4.99 Å².